The first-order valence-electron chi connectivity index (χ1n) is 13.4. The second-order valence-electron chi connectivity index (χ2n) is 10.4. The zero-order valence-electron chi connectivity index (χ0n) is 21.3. The quantitative estimate of drug-likeness (QED) is 0.627. The zero-order valence-corrected chi connectivity index (χ0v) is 21.3. The third-order valence-electron chi connectivity index (χ3n) is 7.97. The minimum Gasteiger partial charge on any atom is -0.493 e. The average Bonchev–Trinajstić information content (AvgIpc) is 3.61. The van der Waals surface area contributed by atoms with Gasteiger partial charge in [0.2, 0.25) is 0 Å². The van der Waals surface area contributed by atoms with Gasteiger partial charge in [0.1, 0.15) is 0 Å². The molecule has 36 heavy (non-hydrogen) atoms. The van der Waals surface area contributed by atoms with Crippen molar-refractivity contribution >= 4 is 11.7 Å². The van der Waals surface area contributed by atoms with Crippen LogP contribution in [-0.4, -0.2) is 79.5 Å². The van der Waals surface area contributed by atoms with Crippen LogP contribution in [0.25, 0.3) is 0 Å². The highest BCUT2D eigenvalue weighted by Crippen LogP contribution is 2.36. The third kappa shape index (κ3) is 5.56. The second-order valence-corrected chi connectivity index (χ2v) is 10.4. The molecule has 2 unspecified atom stereocenters. The summed E-state index contributed by atoms with van der Waals surface area (Å²) in [7, 11) is 1.69. The minimum atomic E-state index is 0.0585. The van der Waals surface area contributed by atoms with Gasteiger partial charge >= 0.3 is 6.03 Å². The molecule has 2 amide bonds. The molecule has 1 saturated carbocycles. The first kappa shape index (κ1) is 24.8. The lowest BCUT2D eigenvalue weighted by Gasteiger charge is -2.44. The summed E-state index contributed by atoms with van der Waals surface area (Å²) >= 11 is 0. The topological polar surface area (TPSA) is 65.5 Å². The van der Waals surface area contributed by atoms with Gasteiger partial charge in [-0.3, -0.25) is 0 Å². The summed E-state index contributed by atoms with van der Waals surface area (Å²) in [5.41, 5.74) is 2.34. The Morgan fingerprint density at radius 3 is 2.50 bits per heavy atom. The van der Waals surface area contributed by atoms with Crippen LogP contribution in [0.4, 0.5) is 10.5 Å². The number of piperazine rings is 1. The molecule has 5 rings (SSSR count). The van der Waals surface area contributed by atoms with Crippen LogP contribution in [0.1, 0.15) is 37.7 Å². The molecule has 2 saturated heterocycles. The molecule has 7 nitrogen and oxygen atoms in total. The van der Waals surface area contributed by atoms with Crippen molar-refractivity contribution in [3.63, 3.8) is 0 Å². The molecular weight excluding hydrogens is 454 g/mol. The lowest BCUT2D eigenvalue weighted by Crippen LogP contribution is -2.58. The lowest BCUT2D eigenvalue weighted by molar-refractivity contribution is 0.131. The number of likely N-dealkylation sites (tertiary alicyclic amines) is 1. The van der Waals surface area contributed by atoms with E-state index in [1.54, 1.807) is 7.11 Å². The first-order chi connectivity index (χ1) is 17.6. The van der Waals surface area contributed by atoms with E-state index in [9.17, 15) is 9.90 Å². The number of rotatable bonds is 7. The maximum absolute atomic E-state index is 13.6. The second kappa shape index (κ2) is 11.4. The van der Waals surface area contributed by atoms with Crippen molar-refractivity contribution in [2.24, 2.45) is 5.92 Å². The number of anilines is 1. The summed E-state index contributed by atoms with van der Waals surface area (Å²) in [4.78, 5) is 19.9. The van der Waals surface area contributed by atoms with E-state index < -0.39 is 0 Å². The van der Waals surface area contributed by atoms with E-state index >= 15 is 0 Å². The molecule has 2 aromatic carbocycles. The predicted octanol–water partition coefficient (Wildman–Crippen LogP) is 4.18. The largest absolute Gasteiger partial charge is 0.493 e. The summed E-state index contributed by atoms with van der Waals surface area (Å²) in [6.07, 6.45) is 6.59. The Kier molecular flexibility index (Phi) is 7.85. The summed E-state index contributed by atoms with van der Waals surface area (Å²) in [5.74, 6) is 1.78. The van der Waals surface area contributed by atoms with E-state index in [1.165, 1.54) is 18.4 Å². The summed E-state index contributed by atoms with van der Waals surface area (Å²) in [6.45, 7) is 3.71. The SMILES string of the molecule is COc1ccc(N2CCN(C(=O)N3CCC(CO)C3)C(Cc3ccccc3)C2)cc1OC1CCCC1. The molecule has 3 aliphatic rings. The standard InChI is InChI=1S/C29H39N3O4/c1-35-27-12-11-24(18-28(27)36-26-9-5-6-10-26)30-15-16-32(29(34)31-14-13-23(19-31)21-33)25(20-30)17-22-7-3-2-4-8-22/h2-4,7-8,11-12,18,23,25-26,33H,5-6,9-10,13-17,19-21H2,1H3. The van der Waals surface area contributed by atoms with E-state index in [4.69, 9.17) is 9.47 Å². The molecule has 2 aliphatic heterocycles. The molecule has 2 aromatic rings. The number of carbonyl (C=O) groups is 1. The number of benzene rings is 2. The fourth-order valence-corrected chi connectivity index (χ4v) is 5.88. The molecule has 1 N–H and O–H groups in total. The van der Waals surface area contributed by atoms with E-state index in [0.29, 0.717) is 13.1 Å². The van der Waals surface area contributed by atoms with Crippen LogP contribution < -0.4 is 14.4 Å². The smallest absolute Gasteiger partial charge is 0.320 e. The Labute approximate surface area is 214 Å². The van der Waals surface area contributed by atoms with Gasteiger partial charge in [0, 0.05) is 57.0 Å². The van der Waals surface area contributed by atoms with Crippen LogP contribution >= 0.6 is 0 Å². The van der Waals surface area contributed by atoms with E-state index in [2.05, 4.69) is 46.2 Å². The van der Waals surface area contributed by atoms with Crippen LogP contribution in [-0.2, 0) is 6.42 Å². The summed E-state index contributed by atoms with van der Waals surface area (Å²) < 4.78 is 12.0. The number of ether oxygens (including phenoxy) is 2. The number of aliphatic hydroxyl groups excluding tert-OH is 1. The minimum absolute atomic E-state index is 0.0585. The molecular formula is C29H39N3O4. The fourth-order valence-electron chi connectivity index (χ4n) is 5.88. The highest BCUT2D eigenvalue weighted by molar-refractivity contribution is 5.76. The number of urea groups is 1. The number of hydrogen-bond acceptors (Lipinski definition) is 5. The van der Waals surface area contributed by atoms with E-state index in [-0.39, 0.29) is 30.7 Å². The molecule has 1 aliphatic carbocycles. The van der Waals surface area contributed by atoms with Gasteiger partial charge in [-0.05, 0) is 56.2 Å². The van der Waals surface area contributed by atoms with Gasteiger partial charge in [0.05, 0.1) is 19.3 Å². The van der Waals surface area contributed by atoms with Crippen molar-refractivity contribution in [2.75, 3.05) is 51.3 Å². The number of amides is 2. The van der Waals surface area contributed by atoms with Gasteiger partial charge in [-0.1, -0.05) is 30.3 Å². The molecule has 7 heteroatoms. The number of nitrogens with zero attached hydrogens (tertiary/aromatic N) is 3. The van der Waals surface area contributed by atoms with E-state index in [0.717, 1.165) is 62.5 Å². The van der Waals surface area contributed by atoms with Crippen LogP contribution in [0.2, 0.25) is 0 Å². The van der Waals surface area contributed by atoms with Gasteiger partial charge in [0.15, 0.2) is 11.5 Å². The Bertz CT molecular complexity index is 1010. The van der Waals surface area contributed by atoms with Crippen molar-refractivity contribution in [1.29, 1.82) is 0 Å². The van der Waals surface area contributed by atoms with Crippen molar-refractivity contribution in [3.8, 4) is 11.5 Å². The van der Waals surface area contributed by atoms with Gasteiger partial charge in [-0.25, -0.2) is 4.79 Å². The Morgan fingerprint density at radius 1 is 0.972 bits per heavy atom. The van der Waals surface area contributed by atoms with Crippen LogP contribution in [0, 0.1) is 5.92 Å². The molecule has 2 heterocycles. The Balaban J connectivity index is 1.35. The maximum atomic E-state index is 13.6. The third-order valence-corrected chi connectivity index (χ3v) is 7.97. The zero-order chi connectivity index (χ0) is 24.9. The predicted molar refractivity (Wildman–Crippen MR) is 141 cm³/mol. The number of carbonyl (C=O) groups excluding carboxylic acids is 1. The van der Waals surface area contributed by atoms with Crippen molar-refractivity contribution < 1.29 is 19.4 Å². The summed E-state index contributed by atoms with van der Waals surface area (Å²) in [5, 5.41) is 9.56. The van der Waals surface area contributed by atoms with Gasteiger partial charge in [-0.2, -0.15) is 0 Å². The molecule has 0 radical (unpaired) electrons. The summed E-state index contributed by atoms with van der Waals surface area (Å²) in [6, 6.07) is 16.8. The molecule has 0 spiro atoms. The highest BCUT2D eigenvalue weighted by Gasteiger charge is 2.36. The van der Waals surface area contributed by atoms with E-state index in [1.807, 2.05) is 17.0 Å². The van der Waals surface area contributed by atoms with Gasteiger partial charge in [0.25, 0.3) is 0 Å². The van der Waals surface area contributed by atoms with Crippen molar-refractivity contribution in [2.45, 2.75) is 50.7 Å². The van der Waals surface area contributed by atoms with Crippen molar-refractivity contribution in [1.82, 2.24) is 9.80 Å². The normalized spacial score (nSPS) is 22.8. The van der Waals surface area contributed by atoms with Crippen LogP contribution in [0.5, 0.6) is 11.5 Å². The Morgan fingerprint density at radius 2 is 1.78 bits per heavy atom. The lowest BCUT2D eigenvalue weighted by atomic mass is 10.0. The maximum Gasteiger partial charge on any atom is 0.320 e. The van der Waals surface area contributed by atoms with Gasteiger partial charge in [-0.15, -0.1) is 0 Å². The number of hydrogen-bond donors (Lipinski definition) is 1. The first-order valence-corrected chi connectivity index (χ1v) is 13.4. The van der Waals surface area contributed by atoms with Crippen molar-refractivity contribution in [3.05, 3.63) is 54.1 Å². The van der Waals surface area contributed by atoms with Crippen LogP contribution in [0.3, 0.4) is 0 Å². The molecule has 194 valence electrons. The fraction of sp³-hybridized carbons (Fsp3) is 0.552. The monoisotopic (exact) mass is 493 g/mol. The molecule has 0 aromatic heterocycles. The number of methoxy groups -OCH3 is 1. The highest BCUT2D eigenvalue weighted by atomic mass is 16.5. The molecule has 2 atom stereocenters. The average molecular weight is 494 g/mol. The van der Waals surface area contributed by atoms with Gasteiger partial charge < -0.3 is 29.3 Å². The Hall–Kier alpha value is -2.93. The number of aliphatic hydroxyl groups is 1. The molecule has 0 bridgehead atoms. The molecule has 3 fully saturated rings. The van der Waals surface area contributed by atoms with Crippen LogP contribution in [0.15, 0.2) is 48.5 Å².